The summed E-state index contributed by atoms with van der Waals surface area (Å²) < 4.78 is 236. The third-order valence-electron chi connectivity index (χ3n) is 9.30. The van der Waals surface area contributed by atoms with Crippen LogP contribution in [0, 0.1) is 12.3 Å². The van der Waals surface area contributed by atoms with Gasteiger partial charge < -0.3 is 42.6 Å². The number of hydrogen-bond donors (Lipinski definition) is 0. The minimum atomic E-state index is -4.83. The maximum absolute atomic E-state index is 12.9. The molecule has 0 aliphatic carbocycles. The molecular formula is C39H51F5O39S7. The van der Waals surface area contributed by atoms with Crippen molar-refractivity contribution < 1.29 is 196 Å². The van der Waals surface area contributed by atoms with Gasteiger partial charge in [0.05, 0.1) is 55.9 Å². The molecule has 7 aliphatic rings. The molecule has 0 spiro atoms. The van der Waals surface area contributed by atoms with E-state index in [-0.39, 0.29) is 26.4 Å². The average Bonchev–Trinajstić information content (AvgIpc) is 1.84. The number of rotatable bonds is 12. The molecule has 0 saturated carbocycles. The lowest BCUT2D eigenvalue weighted by Gasteiger charge is -2.15. The molecular weight excluding hydrogens is 1410 g/mol. The van der Waals surface area contributed by atoms with E-state index in [2.05, 4.69) is 107 Å². The van der Waals surface area contributed by atoms with E-state index in [1.54, 1.807) is 20.8 Å². The van der Waals surface area contributed by atoms with Gasteiger partial charge in [-0.1, -0.05) is 5.92 Å². The second-order valence-corrected chi connectivity index (χ2v) is 21.0. The number of terminal acetylenes is 1. The van der Waals surface area contributed by atoms with Crippen molar-refractivity contribution in [2.45, 2.75) is 107 Å². The van der Waals surface area contributed by atoms with E-state index < -0.39 is 219 Å². The van der Waals surface area contributed by atoms with Crippen LogP contribution in [-0.2, 0) is 224 Å². The molecule has 0 bridgehead atoms. The monoisotopic (exact) mass is 1460 g/mol. The summed E-state index contributed by atoms with van der Waals surface area (Å²) in [7, 11) is 6.41. The van der Waals surface area contributed by atoms with Crippen LogP contribution < -0.4 is 0 Å². The zero-order valence-corrected chi connectivity index (χ0v) is 52.8. The molecule has 7 aliphatic heterocycles. The van der Waals surface area contributed by atoms with E-state index in [1.165, 1.54) is 14.0 Å². The van der Waals surface area contributed by atoms with Gasteiger partial charge in [-0.25, -0.2) is 85.2 Å². The van der Waals surface area contributed by atoms with Crippen LogP contribution in [0.5, 0.6) is 0 Å². The Morgan fingerprint density at radius 3 is 1.18 bits per heavy atom. The van der Waals surface area contributed by atoms with Crippen molar-refractivity contribution in [2.24, 2.45) is 0 Å². The van der Waals surface area contributed by atoms with E-state index in [0.29, 0.717) is 0 Å². The number of methoxy groups -OCH3 is 6. The molecule has 7 rings (SSSR count). The molecule has 7 fully saturated rings. The fourth-order valence-electron chi connectivity index (χ4n) is 5.23. The zero-order chi connectivity index (χ0) is 69.0. The Kier molecular flexibility index (Phi) is 37.0. The van der Waals surface area contributed by atoms with E-state index in [0.717, 1.165) is 35.5 Å². The van der Waals surface area contributed by atoms with E-state index in [9.17, 15) is 94.6 Å². The number of carbonyl (C=O) groups excluding carboxylic acids is 9. The molecule has 0 aromatic carbocycles. The highest BCUT2D eigenvalue weighted by Gasteiger charge is 2.57. The van der Waals surface area contributed by atoms with Crippen LogP contribution in [-0.4, -0.2) is 238 Å². The quantitative estimate of drug-likeness (QED) is 0.0784. The fourth-order valence-corrected chi connectivity index (χ4v) is 10.3. The number of carbonyl (C=O) groups is 9. The molecule has 0 amide bonds. The molecule has 0 aromatic heterocycles. The maximum Gasteiger partial charge on any atom is 0.419 e. The van der Waals surface area contributed by atoms with Gasteiger partial charge >= 0.3 is 145 Å². The first-order valence-corrected chi connectivity index (χ1v) is 30.1. The van der Waals surface area contributed by atoms with Crippen molar-refractivity contribution in [3.8, 4) is 12.3 Å². The molecule has 51 heteroatoms. The van der Waals surface area contributed by atoms with Crippen LogP contribution in [0.15, 0.2) is 0 Å². The normalized spacial score (nSPS) is 33.4. The van der Waals surface area contributed by atoms with Crippen LogP contribution in [0.2, 0.25) is 0 Å². The van der Waals surface area contributed by atoms with Gasteiger partial charge in [-0.2, -0.15) is 47.0 Å². The minimum Gasteiger partial charge on any atom is -0.467 e. The van der Waals surface area contributed by atoms with E-state index in [1.807, 2.05) is 0 Å². The molecule has 17 atom stereocenters. The number of hydrogen-bond acceptors (Lipinski definition) is 39. The van der Waals surface area contributed by atoms with Crippen molar-refractivity contribution in [3.05, 3.63) is 0 Å². The van der Waals surface area contributed by atoms with Gasteiger partial charge in [-0.15, -0.1) is 6.42 Å². The topological polar surface area (TPSA) is 485 Å². The largest absolute Gasteiger partial charge is 0.467 e. The predicted octanol–water partition coefficient (Wildman–Crippen LogP) is -3.76. The van der Waals surface area contributed by atoms with Crippen molar-refractivity contribution in [1.29, 1.82) is 0 Å². The first kappa shape index (κ1) is 82.9. The standard InChI is InChI=1S/C8H12O7S.C7H8O5S.C6H8O7S.C5H5F3O5S.C5H8O5S.2C4H5FO5S/c1-3-12-7(9)5-6(8(10)13-4-2)15-16(11)14-5;1-3-4-10-7(8)6-5(2)11-13(9)12-6;1-10-5(7)3-4(6(8)11-2)13-14(9)12-3;1-11-4(9)2-3(5(6,7)8)13-14(10)12-2;1-5(4(6)8-2)3-9-11(7)10-5;1-8-3(6)4(5)2-9-11(7)10-4;1-8-4(6)2-3(5)10-11(7)9-2/h5-6H,3-4H2,1-2H3;1,5-6H,4H2,2H3;3-4H,1-2H3;2-3H,1H3;3H2,1-2H3;2H2,1H3;2-3H,1H3. The smallest absolute Gasteiger partial charge is 0.419 e. The Labute approximate surface area is 521 Å². The second-order valence-electron chi connectivity index (χ2n) is 15.4. The second kappa shape index (κ2) is 40.1. The Balaban J connectivity index is 0.000000527. The number of halogens is 5. The van der Waals surface area contributed by atoms with E-state index in [4.69, 9.17) is 6.42 Å². The lowest BCUT2D eigenvalue weighted by atomic mass is 10.1. The van der Waals surface area contributed by atoms with Crippen molar-refractivity contribution in [1.82, 2.24) is 0 Å². The van der Waals surface area contributed by atoms with Gasteiger partial charge in [0.25, 0.3) is 6.36 Å². The summed E-state index contributed by atoms with van der Waals surface area (Å²) in [6, 6.07) is 0. The van der Waals surface area contributed by atoms with Crippen LogP contribution in [0.3, 0.4) is 0 Å². The molecule has 7 heterocycles. The first-order valence-electron chi connectivity index (χ1n) is 23.1. The summed E-state index contributed by atoms with van der Waals surface area (Å²) in [6.45, 7) is 5.61. The maximum atomic E-state index is 12.9. The molecule has 0 N–H and O–H groups in total. The molecule has 39 nitrogen and oxygen atoms in total. The summed E-state index contributed by atoms with van der Waals surface area (Å²) in [5, 5.41) is 0. The number of esters is 9. The highest BCUT2D eigenvalue weighted by molar-refractivity contribution is 7.76. The molecule has 518 valence electrons. The Morgan fingerprint density at radius 2 is 0.833 bits per heavy atom. The van der Waals surface area contributed by atoms with Crippen molar-refractivity contribution in [3.63, 3.8) is 0 Å². The summed E-state index contributed by atoms with van der Waals surface area (Å²) >= 11 is -14.9. The third-order valence-corrected chi connectivity index (χ3v) is 14.5. The summed E-state index contributed by atoms with van der Waals surface area (Å²) in [4.78, 5) is 98.6. The zero-order valence-electron chi connectivity index (χ0n) is 47.1. The van der Waals surface area contributed by atoms with E-state index >= 15 is 0 Å². The SMILES string of the molecule is C#CCOC(=O)C1OS(=O)OC1C.CCOC(=O)C1OS(=O)OC1C(=O)OCC.COC(=O)C1(C)COS(=O)O1.COC(=O)C1(F)COS(=O)O1.COC(=O)C1OS(=O)OC1C(=O)OC.COC(=O)C1OS(=O)OC1C(F)(F)F.COC(=O)C1OS(=O)OC1F. The predicted molar refractivity (Wildman–Crippen MR) is 270 cm³/mol. The number of alkyl halides is 5. The third kappa shape index (κ3) is 26.5. The lowest BCUT2D eigenvalue weighted by molar-refractivity contribution is -0.206. The van der Waals surface area contributed by atoms with Crippen molar-refractivity contribution >= 4 is 133 Å². The summed E-state index contributed by atoms with van der Waals surface area (Å²) in [5.74, 6) is -8.56. The summed E-state index contributed by atoms with van der Waals surface area (Å²) in [5.41, 5.74) is -1.21. The highest BCUT2D eigenvalue weighted by atomic mass is 32.2. The molecule has 17 unspecified atom stereocenters. The number of ether oxygens (including phenoxy) is 9. The van der Waals surface area contributed by atoms with Crippen LogP contribution >= 0.6 is 0 Å². The van der Waals surface area contributed by atoms with Gasteiger partial charge in [-0.3, -0.25) is 20.9 Å². The first-order chi connectivity index (χ1) is 42.0. The van der Waals surface area contributed by atoms with Gasteiger partial charge in [0.2, 0.25) is 54.4 Å². The highest BCUT2D eigenvalue weighted by Crippen LogP contribution is 2.33. The Morgan fingerprint density at radius 1 is 0.478 bits per heavy atom. The summed E-state index contributed by atoms with van der Waals surface area (Å²) in [6.07, 6.45) is -14.9. The van der Waals surface area contributed by atoms with Gasteiger partial charge in [0, 0.05) is 0 Å². The van der Waals surface area contributed by atoms with Crippen LogP contribution in [0.1, 0.15) is 27.7 Å². The van der Waals surface area contributed by atoms with Gasteiger partial charge in [0.15, 0.2) is 6.61 Å². The van der Waals surface area contributed by atoms with Crippen LogP contribution in [0.4, 0.5) is 22.0 Å². The Bertz CT molecular complexity index is 2620. The van der Waals surface area contributed by atoms with Crippen molar-refractivity contribution in [2.75, 3.05) is 75.7 Å². The molecule has 7 saturated heterocycles. The molecule has 0 aromatic rings. The van der Waals surface area contributed by atoms with Gasteiger partial charge in [-0.05, 0) is 27.7 Å². The lowest BCUT2D eigenvalue weighted by Crippen LogP contribution is -2.42. The Hall–Kier alpha value is -5.07. The molecule has 90 heavy (non-hydrogen) atoms. The van der Waals surface area contributed by atoms with Crippen LogP contribution in [0.25, 0.3) is 0 Å². The molecule has 0 radical (unpaired) electrons. The minimum absolute atomic E-state index is 0.0354. The average molecular weight is 1460 g/mol. The fraction of sp³-hybridized carbons (Fsp3) is 0.718. The van der Waals surface area contributed by atoms with Gasteiger partial charge in [0.1, 0.15) is 19.3 Å².